The number of rotatable bonds is 9. The molecule has 28 heavy (non-hydrogen) atoms. The lowest BCUT2D eigenvalue weighted by Crippen LogP contribution is -2.36. The van der Waals surface area contributed by atoms with E-state index in [1.165, 1.54) is 5.56 Å². The average Bonchev–Trinajstić information content (AvgIpc) is 2.72. The SMILES string of the molecule is CCOc1ccccc1CCCNC(=O)[C@@H](C)Oc1ccc2ccccc2c1. The van der Waals surface area contributed by atoms with Gasteiger partial charge in [0.05, 0.1) is 6.61 Å². The van der Waals surface area contributed by atoms with Gasteiger partial charge in [0.1, 0.15) is 11.5 Å². The van der Waals surface area contributed by atoms with Crippen LogP contribution in [0.15, 0.2) is 66.7 Å². The molecule has 0 saturated carbocycles. The fraction of sp³-hybridized carbons (Fsp3) is 0.292. The third-order valence-corrected chi connectivity index (χ3v) is 4.60. The fourth-order valence-electron chi connectivity index (χ4n) is 3.14. The molecular weight excluding hydrogens is 350 g/mol. The molecule has 4 heteroatoms. The van der Waals surface area contributed by atoms with Gasteiger partial charge in [-0.15, -0.1) is 0 Å². The summed E-state index contributed by atoms with van der Waals surface area (Å²) < 4.78 is 11.5. The molecule has 0 aliphatic carbocycles. The summed E-state index contributed by atoms with van der Waals surface area (Å²) in [5.41, 5.74) is 1.17. The van der Waals surface area contributed by atoms with E-state index in [1.807, 2.05) is 61.5 Å². The van der Waals surface area contributed by atoms with E-state index in [4.69, 9.17) is 9.47 Å². The van der Waals surface area contributed by atoms with Crippen molar-refractivity contribution < 1.29 is 14.3 Å². The van der Waals surface area contributed by atoms with Crippen LogP contribution in [-0.4, -0.2) is 25.2 Å². The van der Waals surface area contributed by atoms with Gasteiger partial charge in [-0.2, -0.15) is 0 Å². The van der Waals surface area contributed by atoms with Crippen molar-refractivity contribution in [3.8, 4) is 11.5 Å². The third kappa shape index (κ3) is 5.26. The minimum absolute atomic E-state index is 0.105. The highest BCUT2D eigenvalue weighted by atomic mass is 16.5. The average molecular weight is 377 g/mol. The highest BCUT2D eigenvalue weighted by Crippen LogP contribution is 2.22. The summed E-state index contributed by atoms with van der Waals surface area (Å²) in [7, 11) is 0. The predicted molar refractivity (Wildman–Crippen MR) is 113 cm³/mol. The zero-order valence-corrected chi connectivity index (χ0v) is 16.5. The number of nitrogens with one attached hydrogen (secondary N) is 1. The van der Waals surface area contributed by atoms with Gasteiger partial charge in [0.15, 0.2) is 6.10 Å². The monoisotopic (exact) mass is 377 g/mol. The van der Waals surface area contributed by atoms with Crippen LogP contribution in [0.1, 0.15) is 25.8 Å². The number of fused-ring (bicyclic) bond motifs is 1. The maximum Gasteiger partial charge on any atom is 0.260 e. The van der Waals surface area contributed by atoms with Crippen molar-refractivity contribution in [3.63, 3.8) is 0 Å². The van der Waals surface area contributed by atoms with Gasteiger partial charge in [0.2, 0.25) is 0 Å². The van der Waals surface area contributed by atoms with Gasteiger partial charge in [-0.3, -0.25) is 4.79 Å². The number of amides is 1. The van der Waals surface area contributed by atoms with E-state index in [-0.39, 0.29) is 5.91 Å². The third-order valence-electron chi connectivity index (χ3n) is 4.60. The van der Waals surface area contributed by atoms with Crippen LogP contribution < -0.4 is 14.8 Å². The van der Waals surface area contributed by atoms with E-state index in [0.717, 1.165) is 29.4 Å². The summed E-state index contributed by atoms with van der Waals surface area (Å²) in [5, 5.41) is 5.21. The van der Waals surface area contributed by atoms with Crippen molar-refractivity contribution in [2.24, 2.45) is 0 Å². The molecule has 3 aromatic rings. The molecule has 3 rings (SSSR count). The van der Waals surface area contributed by atoms with E-state index in [0.29, 0.717) is 18.9 Å². The molecule has 3 aromatic carbocycles. The molecule has 0 bridgehead atoms. The van der Waals surface area contributed by atoms with Crippen molar-refractivity contribution in [2.45, 2.75) is 32.8 Å². The lowest BCUT2D eigenvalue weighted by Gasteiger charge is -2.15. The maximum absolute atomic E-state index is 12.3. The Morgan fingerprint density at radius 1 is 1.00 bits per heavy atom. The van der Waals surface area contributed by atoms with E-state index >= 15 is 0 Å². The Kier molecular flexibility index (Phi) is 6.90. The van der Waals surface area contributed by atoms with Gasteiger partial charge in [-0.05, 0) is 61.2 Å². The smallest absolute Gasteiger partial charge is 0.260 e. The molecular formula is C24H27NO3. The van der Waals surface area contributed by atoms with Crippen molar-refractivity contribution >= 4 is 16.7 Å². The highest BCUT2D eigenvalue weighted by Gasteiger charge is 2.14. The molecule has 0 aliphatic rings. The molecule has 1 atom stereocenters. The van der Waals surface area contributed by atoms with Crippen LogP contribution in [0.2, 0.25) is 0 Å². The Hall–Kier alpha value is -3.01. The van der Waals surface area contributed by atoms with Gasteiger partial charge in [0, 0.05) is 6.54 Å². The summed E-state index contributed by atoms with van der Waals surface area (Å²) in [6.07, 6.45) is 1.16. The second-order valence-electron chi connectivity index (χ2n) is 6.70. The Labute approximate surface area is 166 Å². The summed E-state index contributed by atoms with van der Waals surface area (Å²) in [6, 6.07) is 22.0. The van der Waals surface area contributed by atoms with Crippen LogP contribution in [0.25, 0.3) is 10.8 Å². The summed E-state index contributed by atoms with van der Waals surface area (Å²) in [5.74, 6) is 1.52. The second-order valence-corrected chi connectivity index (χ2v) is 6.70. The lowest BCUT2D eigenvalue weighted by molar-refractivity contribution is -0.127. The number of carbonyl (C=O) groups excluding carboxylic acids is 1. The van der Waals surface area contributed by atoms with Gasteiger partial charge >= 0.3 is 0 Å². The number of benzene rings is 3. The minimum atomic E-state index is -0.545. The first kappa shape index (κ1) is 19.7. The molecule has 0 aliphatic heterocycles. The molecule has 0 unspecified atom stereocenters. The Morgan fingerprint density at radius 3 is 2.57 bits per heavy atom. The second kappa shape index (κ2) is 9.79. The van der Waals surface area contributed by atoms with Gasteiger partial charge in [-0.1, -0.05) is 48.5 Å². The fourth-order valence-corrected chi connectivity index (χ4v) is 3.14. The van der Waals surface area contributed by atoms with Crippen molar-refractivity contribution in [2.75, 3.05) is 13.2 Å². The van der Waals surface area contributed by atoms with Crippen LogP contribution in [0.4, 0.5) is 0 Å². The van der Waals surface area contributed by atoms with Gasteiger partial charge in [-0.25, -0.2) is 0 Å². The first-order valence-corrected chi connectivity index (χ1v) is 9.81. The zero-order chi connectivity index (χ0) is 19.8. The summed E-state index contributed by atoms with van der Waals surface area (Å²) in [4.78, 5) is 12.3. The van der Waals surface area contributed by atoms with Crippen LogP contribution in [0, 0.1) is 0 Å². The highest BCUT2D eigenvalue weighted by molar-refractivity contribution is 5.84. The summed E-state index contributed by atoms with van der Waals surface area (Å²) >= 11 is 0. The Morgan fingerprint density at radius 2 is 1.75 bits per heavy atom. The number of carbonyl (C=O) groups is 1. The molecule has 0 radical (unpaired) electrons. The number of para-hydroxylation sites is 1. The normalized spacial score (nSPS) is 11.8. The molecule has 0 aromatic heterocycles. The topological polar surface area (TPSA) is 47.6 Å². The number of hydrogen-bond donors (Lipinski definition) is 1. The number of ether oxygens (including phenoxy) is 2. The van der Waals surface area contributed by atoms with E-state index in [1.54, 1.807) is 6.92 Å². The molecule has 0 fully saturated rings. The van der Waals surface area contributed by atoms with Gasteiger partial charge < -0.3 is 14.8 Å². The number of hydrogen-bond acceptors (Lipinski definition) is 3. The molecule has 0 saturated heterocycles. The molecule has 1 N–H and O–H groups in total. The van der Waals surface area contributed by atoms with Crippen LogP contribution in [-0.2, 0) is 11.2 Å². The van der Waals surface area contributed by atoms with Gasteiger partial charge in [0.25, 0.3) is 5.91 Å². The van der Waals surface area contributed by atoms with Crippen LogP contribution >= 0.6 is 0 Å². The predicted octanol–water partition coefficient (Wildman–Crippen LogP) is 4.75. The van der Waals surface area contributed by atoms with E-state index in [9.17, 15) is 4.79 Å². The van der Waals surface area contributed by atoms with Crippen LogP contribution in [0.3, 0.4) is 0 Å². The molecule has 1 amide bonds. The van der Waals surface area contributed by atoms with Crippen LogP contribution in [0.5, 0.6) is 11.5 Å². The van der Waals surface area contributed by atoms with E-state index in [2.05, 4.69) is 17.4 Å². The standard InChI is InChI=1S/C24H27NO3/c1-3-27-23-13-7-6-10-20(23)12-8-16-25-24(26)18(2)28-22-15-14-19-9-4-5-11-21(19)17-22/h4-7,9-11,13-15,17-18H,3,8,12,16H2,1-2H3,(H,25,26)/t18-/m1/s1. The first-order valence-electron chi connectivity index (χ1n) is 9.81. The summed E-state index contributed by atoms with van der Waals surface area (Å²) in [6.45, 7) is 5.00. The minimum Gasteiger partial charge on any atom is -0.494 e. The van der Waals surface area contributed by atoms with Crippen molar-refractivity contribution in [1.82, 2.24) is 5.32 Å². The number of aryl methyl sites for hydroxylation is 1. The molecule has 4 nitrogen and oxygen atoms in total. The quantitative estimate of drug-likeness (QED) is 0.547. The zero-order valence-electron chi connectivity index (χ0n) is 16.5. The Bertz CT molecular complexity index is 922. The first-order chi connectivity index (χ1) is 13.7. The Balaban J connectivity index is 1.46. The van der Waals surface area contributed by atoms with Crippen molar-refractivity contribution in [1.29, 1.82) is 0 Å². The molecule has 146 valence electrons. The van der Waals surface area contributed by atoms with E-state index < -0.39 is 6.10 Å². The molecule has 0 spiro atoms. The molecule has 0 heterocycles. The maximum atomic E-state index is 12.3. The lowest BCUT2D eigenvalue weighted by atomic mass is 10.1. The van der Waals surface area contributed by atoms with Crippen molar-refractivity contribution in [3.05, 3.63) is 72.3 Å². The largest absolute Gasteiger partial charge is 0.494 e.